The Bertz CT molecular complexity index is 711. The molecule has 0 bridgehead atoms. The maximum absolute atomic E-state index is 10.8. The van der Waals surface area contributed by atoms with Gasteiger partial charge in [0.15, 0.2) is 0 Å². The number of phenols is 1. The van der Waals surface area contributed by atoms with Gasteiger partial charge in [-0.1, -0.05) is 95.6 Å². The summed E-state index contributed by atoms with van der Waals surface area (Å²) < 4.78 is 0. The van der Waals surface area contributed by atoms with Crippen molar-refractivity contribution < 1.29 is 10.2 Å². The monoisotopic (exact) mass is 398 g/mol. The fourth-order valence-corrected chi connectivity index (χ4v) is 4.58. The van der Waals surface area contributed by atoms with Gasteiger partial charge < -0.3 is 10.2 Å². The summed E-state index contributed by atoms with van der Waals surface area (Å²) in [5, 5.41) is 21.4. The van der Waals surface area contributed by atoms with Crippen LogP contribution in [-0.4, -0.2) is 15.8 Å². The Balaban J connectivity index is 2.22. The Kier molecular flexibility index (Phi) is 9.02. The summed E-state index contributed by atoms with van der Waals surface area (Å²) in [5.41, 5.74) is 3.87. The van der Waals surface area contributed by atoms with Crippen molar-refractivity contribution in [3.63, 3.8) is 0 Å². The van der Waals surface area contributed by atoms with Crippen LogP contribution < -0.4 is 0 Å². The molecule has 2 nitrogen and oxygen atoms in total. The minimum absolute atomic E-state index is 0.0653. The van der Waals surface area contributed by atoms with Crippen LogP contribution in [0.2, 0.25) is 0 Å². The van der Waals surface area contributed by atoms with Crippen molar-refractivity contribution in [3.05, 3.63) is 52.6 Å². The third-order valence-electron chi connectivity index (χ3n) is 6.89. The van der Waals surface area contributed by atoms with Crippen LogP contribution in [0.3, 0.4) is 0 Å². The summed E-state index contributed by atoms with van der Waals surface area (Å²) in [6.45, 7) is 10.4. The zero-order valence-electron chi connectivity index (χ0n) is 19.3. The van der Waals surface area contributed by atoms with Crippen molar-refractivity contribution in [3.8, 4) is 5.75 Å². The molecule has 2 rings (SSSR count). The van der Waals surface area contributed by atoms with Gasteiger partial charge in [-0.2, -0.15) is 0 Å². The predicted octanol–water partition coefficient (Wildman–Crippen LogP) is 7.37. The predicted molar refractivity (Wildman–Crippen MR) is 125 cm³/mol. The van der Waals surface area contributed by atoms with Crippen LogP contribution in [0.1, 0.15) is 102 Å². The highest BCUT2D eigenvalue weighted by Gasteiger charge is 2.34. The van der Waals surface area contributed by atoms with Gasteiger partial charge >= 0.3 is 0 Å². The van der Waals surface area contributed by atoms with E-state index in [9.17, 15) is 10.2 Å². The first-order valence-corrected chi connectivity index (χ1v) is 11.8. The number of phenolic OH excluding ortho intramolecular Hbond substituents is 1. The van der Waals surface area contributed by atoms with Crippen molar-refractivity contribution in [1.82, 2.24) is 0 Å². The molecule has 0 fully saturated rings. The number of aryl methyl sites for hydroxylation is 1. The number of aliphatic hydroxyl groups is 1. The second-order valence-corrected chi connectivity index (χ2v) is 9.11. The number of allylic oxidation sites excluding steroid dienone is 2. The maximum atomic E-state index is 10.8. The van der Waals surface area contributed by atoms with Crippen molar-refractivity contribution in [1.29, 1.82) is 0 Å². The molecule has 1 aliphatic carbocycles. The van der Waals surface area contributed by atoms with Crippen LogP contribution in [0.5, 0.6) is 5.75 Å². The van der Waals surface area contributed by atoms with E-state index in [1.54, 1.807) is 0 Å². The van der Waals surface area contributed by atoms with Crippen LogP contribution in [-0.2, 0) is 6.42 Å². The Hall–Kier alpha value is -1.54. The summed E-state index contributed by atoms with van der Waals surface area (Å²) in [6.07, 6.45) is 17.1. The lowest BCUT2D eigenvalue weighted by Gasteiger charge is -2.36. The number of hydrogen-bond acceptors (Lipinski definition) is 2. The molecule has 0 saturated heterocycles. The van der Waals surface area contributed by atoms with Gasteiger partial charge in [-0.05, 0) is 49.4 Å². The number of benzene rings is 1. The van der Waals surface area contributed by atoms with Crippen LogP contribution in [0, 0.1) is 12.8 Å². The van der Waals surface area contributed by atoms with E-state index in [2.05, 4.69) is 32.9 Å². The molecule has 1 aliphatic rings. The number of unbranched alkanes of at least 4 members (excludes halogenated alkanes) is 6. The normalized spacial score (nSPS) is 22.6. The number of hydrogen-bond donors (Lipinski definition) is 2. The van der Waals surface area contributed by atoms with Gasteiger partial charge in [0, 0.05) is 11.8 Å². The van der Waals surface area contributed by atoms with Crippen molar-refractivity contribution in [2.24, 2.45) is 5.92 Å². The molecule has 0 amide bonds. The molecular formula is C27H42O2. The van der Waals surface area contributed by atoms with E-state index < -0.39 is 5.60 Å². The Morgan fingerprint density at radius 3 is 2.34 bits per heavy atom. The van der Waals surface area contributed by atoms with Crippen LogP contribution in [0.15, 0.2) is 35.9 Å². The number of aromatic hydroxyl groups is 1. The lowest BCUT2D eigenvalue weighted by atomic mass is 9.72. The average molecular weight is 399 g/mol. The molecule has 0 saturated carbocycles. The van der Waals surface area contributed by atoms with Gasteiger partial charge in [0.2, 0.25) is 0 Å². The third-order valence-corrected chi connectivity index (χ3v) is 6.89. The van der Waals surface area contributed by atoms with E-state index in [-0.39, 0.29) is 11.8 Å². The highest BCUT2D eigenvalue weighted by Crippen LogP contribution is 2.42. The molecule has 3 unspecified atom stereocenters. The van der Waals surface area contributed by atoms with E-state index in [1.807, 2.05) is 32.1 Å². The molecular weight excluding hydrogens is 356 g/mol. The van der Waals surface area contributed by atoms with Crippen LogP contribution >= 0.6 is 0 Å². The second-order valence-electron chi connectivity index (χ2n) is 9.11. The lowest BCUT2D eigenvalue weighted by Crippen LogP contribution is -2.34. The first-order valence-electron chi connectivity index (χ1n) is 11.8. The van der Waals surface area contributed by atoms with E-state index in [0.29, 0.717) is 5.75 Å². The van der Waals surface area contributed by atoms with Gasteiger partial charge in [0.25, 0.3) is 0 Å². The molecule has 29 heavy (non-hydrogen) atoms. The SMILES string of the molecule is CCCCCCCCCC(C1=CC=CC(C)(O)C1C)c1cc(O)c(C)c(CC)c1. The molecule has 0 aromatic heterocycles. The molecule has 1 aromatic rings. The smallest absolute Gasteiger partial charge is 0.119 e. The van der Waals surface area contributed by atoms with Gasteiger partial charge in [-0.25, -0.2) is 0 Å². The van der Waals surface area contributed by atoms with Gasteiger partial charge in [-0.15, -0.1) is 0 Å². The largest absolute Gasteiger partial charge is 0.508 e. The topological polar surface area (TPSA) is 40.5 Å². The molecule has 2 heteroatoms. The van der Waals surface area contributed by atoms with Crippen LogP contribution in [0.25, 0.3) is 0 Å². The lowest BCUT2D eigenvalue weighted by molar-refractivity contribution is 0.0652. The average Bonchev–Trinajstić information content (AvgIpc) is 2.69. The van der Waals surface area contributed by atoms with Crippen molar-refractivity contribution >= 4 is 0 Å². The molecule has 0 radical (unpaired) electrons. The molecule has 2 N–H and O–H groups in total. The van der Waals surface area contributed by atoms with E-state index in [0.717, 1.165) is 18.4 Å². The molecule has 0 aliphatic heterocycles. The first-order chi connectivity index (χ1) is 13.8. The highest BCUT2D eigenvalue weighted by molar-refractivity contribution is 5.46. The minimum atomic E-state index is -0.817. The highest BCUT2D eigenvalue weighted by atomic mass is 16.3. The van der Waals surface area contributed by atoms with E-state index in [4.69, 9.17) is 0 Å². The third kappa shape index (κ3) is 6.22. The fourth-order valence-electron chi connectivity index (χ4n) is 4.58. The Morgan fingerprint density at radius 2 is 1.69 bits per heavy atom. The summed E-state index contributed by atoms with van der Waals surface area (Å²) in [5.74, 6) is 0.708. The molecule has 1 aromatic carbocycles. The maximum Gasteiger partial charge on any atom is 0.119 e. The molecule has 3 atom stereocenters. The zero-order chi connectivity index (χ0) is 21.4. The molecule has 162 valence electrons. The quantitative estimate of drug-likeness (QED) is 0.382. The Labute approximate surface area is 178 Å². The van der Waals surface area contributed by atoms with E-state index >= 15 is 0 Å². The summed E-state index contributed by atoms with van der Waals surface area (Å²) >= 11 is 0. The summed E-state index contributed by atoms with van der Waals surface area (Å²) in [4.78, 5) is 0. The molecule has 0 spiro atoms. The second kappa shape index (κ2) is 11.0. The summed E-state index contributed by atoms with van der Waals surface area (Å²) in [7, 11) is 0. The van der Waals surface area contributed by atoms with Crippen molar-refractivity contribution in [2.45, 2.75) is 104 Å². The van der Waals surface area contributed by atoms with Crippen molar-refractivity contribution in [2.75, 3.05) is 0 Å². The number of rotatable bonds is 11. The minimum Gasteiger partial charge on any atom is -0.508 e. The molecule has 0 heterocycles. The Morgan fingerprint density at radius 1 is 1.03 bits per heavy atom. The van der Waals surface area contributed by atoms with Crippen LogP contribution in [0.4, 0.5) is 0 Å². The standard InChI is InChI=1S/C27H42O2/c1-6-8-9-10-11-12-13-15-25(24-16-14-17-27(5,29)21(24)4)23-18-22(7-2)20(3)26(28)19-23/h14,16-19,21,25,28-29H,6-13,15H2,1-5H3. The first kappa shape index (κ1) is 23.7. The van der Waals surface area contributed by atoms with Gasteiger partial charge in [0.05, 0.1) is 5.60 Å². The fraction of sp³-hybridized carbons (Fsp3) is 0.630. The van der Waals surface area contributed by atoms with Gasteiger partial charge in [0.1, 0.15) is 5.75 Å². The van der Waals surface area contributed by atoms with E-state index in [1.165, 1.54) is 61.6 Å². The van der Waals surface area contributed by atoms with Gasteiger partial charge in [-0.3, -0.25) is 0 Å². The summed E-state index contributed by atoms with van der Waals surface area (Å²) in [6, 6.07) is 4.24. The zero-order valence-corrected chi connectivity index (χ0v) is 19.3.